The summed E-state index contributed by atoms with van der Waals surface area (Å²) in [5.41, 5.74) is 0.223. The third kappa shape index (κ3) is 3.94. The monoisotopic (exact) mass is 385 g/mol. The van der Waals surface area contributed by atoms with Gasteiger partial charge in [-0.3, -0.25) is 4.79 Å². The number of carbonyl (C=O) groups excluding carboxylic acids is 2. The first-order valence-corrected chi connectivity index (χ1v) is 7.71. The zero-order chi connectivity index (χ0) is 18.0. The van der Waals surface area contributed by atoms with E-state index in [1.807, 2.05) is 0 Å². The van der Waals surface area contributed by atoms with Gasteiger partial charge in [0.25, 0.3) is 5.91 Å². The molecule has 0 aliphatic carbocycles. The van der Waals surface area contributed by atoms with Crippen molar-refractivity contribution in [1.82, 2.24) is 0 Å². The van der Waals surface area contributed by atoms with Crippen molar-refractivity contribution in [3.05, 3.63) is 51.8 Å². The molecule has 0 aromatic heterocycles. The molecule has 0 spiro atoms. The van der Waals surface area contributed by atoms with Gasteiger partial charge in [0.2, 0.25) is 6.79 Å². The van der Waals surface area contributed by atoms with Crippen molar-refractivity contribution in [3.63, 3.8) is 0 Å². The Kier molecular flexibility index (Phi) is 4.96. The number of nitrogens with one attached hydrogen (secondary N) is 1. The fourth-order valence-corrected chi connectivity index (χ4v) is 2.52. The first kappa shape index (κ1) is 17.3. The van der Waals surface area contributed by atoms with Crippen molar-refractivity contribution in [1.29, 1.82) is 0 Å². The highest BCUT2D eigenvalue weighted by atomic mass is 35.5. The van der Waals surface area contributed by atoms with E-state index in [1.165, 1.54) is 0 Å². The molecule has 1 aliphatic rings. The van der Waals surface area contributed by atoms with Crippen LogP contribution in [-0.4, -0.2) is 25.3 Å². The van der Waals surface area contributed by atoms with Gasteiger partial charge in [0.15, 0.2) is 18.1 Å². The van der Waals surface area contributed by atoms with Gasteiger partial charge in [0.05, 0.1) is 15.6 Å². The standard InChI is InChI=1S/C16H10Cl2FNO5/c17-10-5-11(18)12(19)4-9(10)16(22)23-6-15(21)20-8-1-2-13-14(3-8)25-7-24-13/h1-5H,6-7H2,(H,20,21). The van der Waals surface area contributed by atoms with Gasteiger partial charge < -0.3 is 19.5 Å². The summed E-state index contributed by atoms with van der Waals surface area (Å²) in [7, 11) is 0. The molecule has 1 amide bonds. The smallest absolute Gasteiger partial charge is 0.340 e. The highest BCUT2D eigenvalue weighted by Crippen LogP contribution is 2.34. The van der Waals surface area contributed by atoms with Crippen molar-refractivity contribution in [2.75, 3.05) is 18.7 Å². The number of fused-ring (bicyclic) bond motifs is 1. The van der Waals surface area contributed by atoms with E-state index in [2.05, 4.69) is 5.32 Å². The first-order valence-electron chi connectivity index (χ1n) is 6.95. The summed E-state index contributed by atoms with van der Waals surface area (Å²) < 4.78 is 28.6. The lowest BCUT2D eigenvalue weighted by atomic mass is 10.2. The van der Waals surface area contributed by atoms with Crippen LogP contribution in [0.3, 0.4) is 0 Å². The zero-order valence-corrected chi connectivity index (χ0v) is 14.0. The largest absolute Gasteiger partial charge is 0.454 e. The molecule has 0 bridgehead atoms. The zero-order valence-electron chi connectivity index (χ0n) is 12.5. The number of halogens is 3. The van der Waals surface area contributed by atoms with Crippen molar-refractivity contribution in [3.8, 4) is 11.5 Å². The van der Waals surface area contributed by atoms with Crippen LogP contribution in [0.5, 0.6) is 11.5 Å². The summed E-state index contributed by atoms with van der Waals surface area (Å²) in [5.74, 6) is -1.27. The number of anilines is 1. The number of esters is 1. The molecule has 2 aromatic rings. The second kappa shape index (κ2) is 7.16. The molecule has 130 valence electrons. The summed E-state index contributed by atoms with van der Waals surface area (Å²) in [6.45, 7) is -0.462. The first-order chi connectivity index (χ1) is 11.9. The summed E-state index contributed by atoms with van der Waals surface area (Å²) in [5, 5.41) is 2.24. The van der Waals surface area contributed by atoms with E-state index in [1.54, 1.807) is 18.2 Å². The summed E-state index contributed by atoms with van der Waals surface area (Å²) in [6.07, 6.45) is 0. The van der Waals surface area contributed by atoms with Crippen LogP contribution < -0.4 is 14.8 Å². The molecule has 1 heterocycles. The Morgan fingerprint density at radius 1 is 1.12 bits per heavy atom. The number of benzene rings is 2. The summed E-state index contributed by atoms with van der Waals surface area (Å²) >= 11 is 11.4. The van der Waals surface area contributed by atoms with Crippen molar-refractivity contribution in [2.45, 2.75) is 0 Å². The number of hydrogen-bond donors (Lipinski definition) is 1. The van der Waals surface area contributed by atoms with Crippen LogP contribution in [0.2, 0.25) is 10.0 Å². The predicted molar refractivity (Wildman–Crippen MR) is 87.9 cm³/mol. The summed E-state index contributed by atoms with van der Waals surface area (Å²) in [4.78, 5) is 23.8. The van der Waals surface area contributed by atoms with E-state index in [0.29, 0.717) is 17.2 Å². The third-order valence-corrected chi connectivity index (χ3v) is 3.82. The van der Waals surface area contributed by atoms with Crippen LogP contribution in [0, 0.1) is 5.82 Å². The van der Waals surface area contributed by atoms with Crippen LogP contribution >= 0.6 is 23.2 Å². The molecule has 2 aromatic carbocycles. The number of carbonyl (C=O) groups is 2. The van der Waals surface area contributed by atoms with Crippen LogP contribution in [0.1, 0.15) is 10.4 Å². The molecule has 0 saturated carbocycles. The Labute approximate surface area is 151 Å². The van der Waals surface area contributed by atoms with E-state index < -0.39 is 24.3 Å². The average molecular weight is 386 g/mol. The Balaban J connectivity index is 1.59. The quantitative estimate of drug-likeness (QED) is 0.642. The van der Waals surface area contributed by atoms with Gasteiger partial charge in [0.1, 0.15) is 5.82 Å². The highest BCUT2D eigenvalue weighted by molar-refractivity contribution is 6.36. The maximum absolute atomic E-state index is 13.4. The maximum Gasteiger partial charge on any atom is 0.340 e. The SMILES string of the molecule is O=C(COC(=O)c1cc(F)c(Cl)cc1Cl)Nc1ccc2c(c1)OCO2. The molecule has 0 atom stereocenters. The van der Waals surface area contributed by atoms with Gasteiger partial charge >= 0.3 is 5.97 Å². The van der Waals surface area contributed by atoms with Crippen LogP contribution in [0.15, 0.2) is 30.3 Å². The number of ether oxygens (including phenoxy) is 3. The summed E-state index contributed by atoms with van der Waals surface area (Å²) in [6, 6.07) is 6.76. The third-order valence-electron chi connectivity index (χ3n) is 3.22. The number of hydrogen-bond acceptors (Lipinski definition) is 5. The van der Waals surface area contributed by atoms with E-state index in [9.17, 15) is 14.0 Å². The van der Waals surface area contributed by atoms with Crippen LogP contribution in [-0.2, 0) is 9.53 Å². The van der Waals surface area contributed by atoms with E-state index in [4.69, 9.17) is 37.4 Å². The Bertz CT molecular complexity index is 859. The number of amides is 1. The minimum atomic E-state index is -0.943. The van der Waals surface area contributed by atoms with Gasteiger partial charge in [-0.25, -0.2) is 9.18 Å². The molecule has 0 radical (unpaired) electrons. The second-order valence-corrected chi connectivity index (χ2v) is 5.75. The minimum absolute atomic E-state index is 0.0763. The molecule has 25 heavy (non-hydrogen) atoms. The maximum atomic E-state index is 13.4. The lowest BCUT2D eigenvalue weighted by Gasteiger charge is -2.08. The van der Waals surface area contributed by atoms with Crippen molar-refractivity contribution < 1.29 is 28.2 Å². The lowest BCUT2D eigenvalue weighted by Crippen LogP contribution is -2.21. The van der Waals surface area contributed by atoms with Crippen molar-refractivity contribution >= 4 is 40.8 Å². The normalized spacial score (nSPS) is 12.0. The molecule has 0 unspecified atom stereocenters. The molecule has 3 rings (SSSR count). The van der Waals surface area contributed by atoms with E-state index >= 15 is 0 Å². The second-order valence-electron chi connectivity index (χ2n) is 4.94. The molecule has 1 N–H and O–H groups in total. The Hall–Kier alpha value is -2.51. The molecule has 0 fully saturated rings. The lowest BCUT2D eigenvalue weighted by molar-refractivity contribution is -0.119. The molecule has 9 heteroatoms. The molecule has 0 saturated heterocycles. The Morgan fingerprint density at radius 3 is 2.68 bits per heavy atom. The van der Waals surface area contributed by atoms with E-state index in [0.717, 1.165) is 12.1 Å². The van der Waals surface area contributed by atoms with Gasteiger partial charge in [-0.1, -0.05) is 23.2 Å². The highest BCUT2D eigenvalue weighted by Gasteiger charge is 2.18. The fraction of sp³-hybridized carbons (Fsp3) is 0.125. The fourth-order valence-electron chi connectivity index (χ4n) is 2.06. The van der Waals surface area contributed by atoms with Gasteiger partial charge in [-0.05, 0) is 24.3 Å². The van der Waals surface area contributed by atoms with Crippen LogP contribution in [0.25, 0.3) is 0 Å². The predicted octanol–water partition coefficient (Wildman–Crippen LogP) is 3.66. The van der Waals surface area contributed by atoms with E-state index in [-0.39, 0.29) is 22.4 Å². The van der Waals surface area contributed by atoms with Gasteiger partial charge in [0, 0.05) is 11.8 Å². The van der Waals surface area contributed by atoms with Crippen molar-refractivity contribution in [2.24, 2.45) is 0 Å². The van der Waals surface area contributed by atoms with Crippen LogP contribution in [0.4, 0.5) is 10.1 Å². The molecule has 6 nitrogen and oxygen atoms in total. The minimum Gasteiger partial charge on any atom is -0.454 e. The Morgan fingerprint density at radius 2 is 1.88 bits per heavy atom. The molecule has 1 aliphatic heterocycles. The van der Waals surface area contributed by atoms with Gasteiger partial charge in [-0.2, -0.15) is 0 Å². The molecular weight excluding hydrogens is 376 g/mol. The number of rotatable bonds is 4. The topological polar surface area (TPSA) is 73.9 Å². The van der Waals surface area contributed by atoms with Gasteiger partial charge in [-0.15, -0.1) is 0 Å². The molecular formula is C16H10Cl2FNO5. The average Bonchev–Trinajstić information content (AvgIpc) is 3.03.